The number of hydrogen-bond donors (Lipinski definition) is 4. The number of benzene rings is 1. The van der Waals surface area contributed by atoms with Gasteiger partial charge in [-0.05, 0) is 36.6 Å². The van der Waals surface area contributed by atoms with E-state index < -0.39 is 12.1 Å². The first-order chi connectivity index (χ1) is 10.5. The highest BCUT2D eigenvalue weighted by Crippen LogP contribution is 2.12. The lowest BCUT2D eigenvalue weighted by molar-refractivity contribution is -0.117. The van der Waals surface area contributed by atoms with Crippen LogP contribution in [-0.4, -0.2) is 42.9 Å². The summed E-state index contributed by atoms with van der Waals surface area (Å²) >= 11 is 1.57. The summed E-state index contributed by atoms with van der Waals surface area (Å²) in [4.78, 5) is 34.8. The Morgan fingerprint density at radius 2 is 2.05 bits per heavy atom. The molecular formula is C14H20N4O3S. The Morgan fingerprint density at radius 3 is 2.64 bits per heavy atom. The van der Waals surface area contributed by atoms with E-state index in [2.05, 4.69) is 16.0 Å². The number of nitrogens with one attached hydrogen (secondary N) is 3. The highest BCUT2D eigenvalue weighted by molar-refractivity contribution is 7.98. The maximum Gasteiger partial charge on any atom is 0.312 e. The third-order valence-corrected chi connectivity index (χ3v) is 3.51. The summed E-state index contributed by atoms with van der Waals surface area (Å²) in [6, 6.07) is 5.07. The van der Waals surface area contributed by atoms with Crippen LogP contribution >= 0.6 is 11.8 Å². The van der Waals surface area contributed by atoms with Crippen LogP contribution in [0.2, 0.25) is 0 Å². The van der Waals surface area contributed by atoms with Crippen molar-refractivity contribution < 1.29 is 14.4 Å². The predicted octanol–water partition coefficient (Wildman–Crippen LogP) is 0.775. The number of amides is 4. The van der Waals surface area contributed by atoms with Crippen molar-refractivity contribution in [2.24, 2.45) is 5.73 Å². The Balaban J connectivity index is 2.79. The fraction of sp³-hybridized carbons (Fsp3) is 0.357. The molecule has 0 saturated carbocycles. The average molecular weight is 324 g/mol. The zero-order chi connectivity index (χ0) is 16.5. The van der Waals surface area contributed by atoms with Gasteiger partial charge >= 0.3 is 6.03 Å². The van der Waals surface area contributed by atoms with Crippen molar-refractivity contribution >= 4 is 35.3 Å². The van der Waals surface area contributed by atoms with Crippen LogP contribution in [0.25, 0.3) is 0 Å². The third-order valence-electron chi connectivity index (χ3n) is 2.86. The van der Waals surface area contributed by atoms with E-state index in [0.29, 0.717) is 23.4 Å². The van der Waals surface area contributed by atoms with E-state index in [9.17, 15) is 14.4 Å². The van der Waals surface area contributed by atoms with Crippen LogP contribution in [0.1, 0.15) is 16.8 Å². The first-order valence-corrected chi connectivity index (χ1v) is 8.05. The number of carbonyl (C=O) groups excluding carboxylic acids is 3. The molecule has 0 fully saturated rings. The molecule has 1 atom stereocenters. The van der Waals surface area contributed by atoms with Gasteiger partial charge in [-0.25, -0.2) is 4.79 Å². The lowest BCUT2D eigenvalue weighted by atomic mass is 10.1. The number of thioether (sulfide) groups is 1. The van der Waals surface area contributed by atoms with E-state index in [-0.39, 0.29) is 11.8 Å². The Hall–Kier alpha value is -2.22. The van der Waals surface area contributed by atoms with Crippen molar-refractivity contribution in [2.45, 2.75) is 12.5 Å². The molecule has 0 spiro atoms. The molecule has 0 bridgehead atoms. The third kappa shape index (κ3) is 5.65. The van der Waals surface area contributed by atoms with Crippen LogP contribution < -0.4 is 21.7 Å². The van der Waals surface area contributed by atoms with E-state index in [4.69, 9.17) is 5.73 Å². The van der Waals surface area contributed by atoms with Crippen molar-refractivity contribution in [1.82, 2.24) is 10.6 Å². The molecule has 1 aromatic carbocycles. The molecule has 0 heterocycles. The smallest absolute Gasteiger partial charge is 0.312 e. The van der Waals surface area contributed by atoms with Gasteiger partial charge in [-0.3, -0.25) is 9.59 Å². The van der Waals surface area contributed by atoms with E-state index in [1.54, 1.807) is 36.0 Å². The average Bonchev–Trinajstić information content (AvgIpc) is 2.50. The van der Waals surface area contributed by atoms with Crippen LogP contribution in [0.4, 0.5) is 10.5 Å². The van der Waals surface area contributed by atoms with Crippen molar-refractivity contribution in [3.63, 3.8) is 0 Å². The van der Waals surface area contributed by atoms with Crippen molar-refractivity contribution in [2.75, 3.05) is 24.4 Å². The molecule has 0 aromatic heterocycles. The summed E-state index contributed by atoms with van der Waals surface area (Å²) in [5.41, 5.74) is 6.00. The first kappa shape index (κ1) is 17.8. The van der Waals surface area contributed by atoms with Crippen molar-refractivity contribution in [3.05, 3.63) is 29.8 Å². The molecule has 120 valence electrons. The topological polar surface area (TPSA) is 113 Å². The van der Waals surface area contributed by atoms with Gasteiger partial charge < -0.3 is 21.7 Å². The van der Waals surface area contributed by atoms with Gasteiger partial charge in [0.15, 0.2) is 0 Å². The second-order valence-corrected chi connectivity index (χ2v) is 5.48. The van der Waals surface area contributed by atoms with Gasteiger partial charge in [-0.15, -0.1) is 0 Å². The fourth-order valence-electron chi connectivity index (χ4n) is 1.79. The summed E-state index contributed by atoms with van der Waals surface area (Å²) in [5, 5.41) is 7.61. The van der Waals surface area contributed by atoms with Gasteiger partial charge in [0.1, 0.15) is 6.04 Å². The molecule has 0 aliphatic rings. The van der Waals surface area contributed by atoms with E-state index in [1.165, 1.54) is 7.05 Å². The maximum absolute atomic E-state index is 12.2. The van der Waals surface area contributed by atoms with Crippen LogP contribution in [0.5, 0.6) is 0 Å². The molecule has 0 aliphatic heterocycles. The second kappa shape index (κ2) is 8.93. The van der Waals surface area contributed by atoms with Crippen LogP contribution in [0, 0.1) is 0 Å². The summed E-state index contributed by atoms with van der Waals surface area (Å²) in [5.74, 6) is 0.0867. The Bertz CT molecular complexity index is 551. The highest BCUT2D eigenvalue weighted by atomic mass is 32.2. The van der Waals surface area contributed by atoms with E-state index in [1.807, 2.05) is 6.26 Å². The number of rotatable bonds is 7. The number of carbonyl (C=O) groups is 3. The maximum atomic E-state index is 12.2. The Labute approximate surface area is 133 Å². The van der Waals surface area contributed by atoms with Crippen LogP contribution in [0.15, 0.2) is 24.3 Å². The van der Waals surface area contributed by atoms with Gasteiger partial charge in [-0.1, -0.05) is 6.07 Å². The van der Waals surface area contributed by atoms with Gasteiger partial charge in [0.2, 0.25) is 5.91 Å². The molecule has 0 saturated heterocycles. The number of hydrogen-bond acceptors (Lipinski definition) is 4. The quantitative estimate of drug-likeness (QED) is 0.593. The molecule has 22 heavy (non-hydrogen) atoms. The Morgan fingerprint density at radius 1 is 1.32 bits per heavy atom. The molecule has 0 unspecified atom stereocenters. The van der Waals surface area contributed by atoms with Gasteiger partial charge in [0.25, 0.3) is 5.91 Å². The SMILES string of the molecule is CNC(=O)c1cccc(NC(=O)[C@@H](CCSC)NC(N)=O)c1. The lowest BCUT2D eigenvalue weighted by Crippen LogP contribution is -2.46. The largest absolute Gasteiger partial charge is 0.355 e. The number of urea groups is 1. The summed E-state index contributed by atoms with van der Waals surface area (Å²) in [6.45, 7) is 0. The van der Waals surface area contributed by atoms with Crippen molar-refractivity contribution in [1.29, 1.82) is 0 Å². The molecule has 7 nitrogen and oxygen atoms in total. The van der Waals surface area contributed by atoms with Gasteiger partial charge in [0.05, 0.1) is 0 Å². The summed E-state index contributed by atoms with van der Waals surface area (Å²) < 4.78 is 0. The van der Waals surface area contributed by atoms with Gasteiger partial charge in [0, 0.05) is 18.3 Å². The van der Waals surface area contributed by atoms with Crippen LogP contribution in [-0.2, 0) is 4.79 Å². The van der Waals surface area contributed by atoms with Crippen molar-refractivity contribution in [3.8, 4) is 0 Å². The fourth-order valence-corrected chi connectivity index (χ4v) is 2.26. The standard InChI is InChI=1S/C14H20N4O3S/c1-16-12(19)9-4-3-5-10(8-9)17-13(20)11(6-7-22-2)18-14(15)21/h3-5,8,11H,6-7H2,1-2H3,(H,16,19)(H,17,20)(H3,15,18,21)/t11-/m1/s1. The van der Waals surface area contributed by atoms with Crippen LogP contribution in [0.3, 0.4) is 0 Å². The molecule has 4 amide bonds. The molecule has 0 aliphatic carbocycles. The number of anilines is 1. The van der Waals surface area contributed by atoms with E-state index in [0.717, 1.165) is 0 Å². The second-order valence-electron chi connectivity index (χ2n) is 4.49. The van der Waals surface area contributed by atoms with E-state index >= 15 is 0 Å². The molecule has 1 aromatic rings. The molecule has 0 radical (unpaired) electrons. The monoisotopic (exact) mass is 324 g/mol. The zero-order valence-corrected chi connectivity index (χ0v) is 13.3. The minimum atomic E-state index is -0.750. The highest BCUT2D eigenvalue weighted by Gasteiger charge is 2.19. The number of nitrogens with two attached hydrogens (primary N) is 1. The summed E-state index contributed by atoms with van der Waals surface area (Å²) in [6.07, 6.45) is 2.37. The molecule has 1 rings (SSSR count). The summed E-state index contributed by atoms with van der Waals surface area (Å²) in [7, 11) is 1.53. The minimum absolute atomic E-state index is 0.245. The Kier molecular flexibility index (Phi) is 7.24. The molecule has 5 N–H and O–H groups in total. The molecular weight excluding hydrogens is 304 g/mol. The normalized spacial score (nSPS) is 11.4. The number of primary amides is 1. The lowest BCUT2D eigenvalue weighted by Gasteiger charge is -2.17. The zero-order valence-electron chi connectivity index (χ0n) is 12.5. The predicted molar refractivity (Wildman–Crippen MR) is 88.0 cm³/mol. The minimum Gasteiger partial charge on any atom is -0.355 e. The first-order valence-electron chi connectivity index (χ1n) is 6.65. The molecule has 8 heteroatoms. The van der Waals surface area contributed by atoms with Gasteiger partial charge in [-0.2, -0.15) is 11.8 Å².